The first kappa shape index (κ1) is 15.2. The molecule has 0 atom stereocenters. The highest BCUT2D eigenvalue weighted by molar-refractivity contribution is 5.82. The van der Waals surface area contributed by atoms with Crippen molar-refractivity contribution in [3.63, 3.8) is 0 Å². The van der Waals surface area contributed by atoms with Crippen LogP contribution < -0.4 is 5.32 Å². The monoisotopic (exact) mass is 264 g/mol. The van der Waals surface area contributed by atoms with E-state index in [1.807, 2.05) is 30.3 Å². The molecule has 0 unspecified atom stereocenters. The van der Waals surface area contributed by atoms with Gasteiger partial charge in [-0.15, -0.1) is 0 Å². The van der Waals surface area contributed by atoms with E-state index in [2.05, 4.69) is 10.1 Å². The average molecular weight is 264 g/mol. The molecule has 1 N–H and O–H groups in total. The SMILES string of the molecule is CNCCC(=O)N(CC(=O)OC)Cc1ccccc1. The maximum absolute atomic E-state index is 12.0. The predicted octanol–water partition coefficient (Wildman–Crippen LogP) is 0.798. The van der Waals surface area contributed by atoms with Crippen molar-refractivity contribution >= 4 is 11.9 Å². The van der Waals surface area contributed by atoms with Gasteiger partial charge in [-0.25, -0.2) is 0 Å². The molecule has 1 aromatic rings. The molecule has 0 aliphatic rings. The normalized spacial score (nSPS) is 10.0. The van der Waals surface area contributed by atoms with Crippen LogP contribution in [-0.2, 0) is 20.9 Å². The van der Waals surface area contributed by atoms with E-state index in [-0.39, 0.29) is 12.5 Å². The zero-order chi connectivity index (χ0) is 14.1. The van der Waals surface area contributed by atoms with Gasteiger partial charge in [0.15, 0.2) is 0 Å². The Hall–Kier alpha value is -1.88. The highest BCUT2D eigenvalue weighted by Crippen LogP contribution is 2.06. The van der Waals surface area contributed by atoms with Crippen LogP contribution in [0.15, 0.2) is 30.3 Å². The molecule has 0 aliphatic carbocycles. The van der Waals surface area contributed by atoms with E-state index < -0.39 is 5.97 Å². The van der Waals surface area contributed by atoms with E-state index in [0.29, 0.717) is 19.5 Å². The van der Waals surface area contributed by atoms with Crippen LogP contribution in [-0.4, -0.2) is 44.0 Å². The molecule has 0 saturated heterocycles. The largest absolute Gasteiger partial charge is 0.468 e. The van der Waals surface area contributed by atoms with Crippen LogP contribution in [0.4, 0.5) is 0 Å². The van der Waals surface area contributed by atoms with Gasteiger partial charge in [-0.05, 0) is 12.6 Å². The maximum atomic E-state index is 12.0. The van der Waals surface area contributed by atoms with Gasteiger partial charge in [-0.2, -0.15) is 0 Å². The van der Waals surface area contributed by atoms with Crippen molar-refractivity contribution in [2.45, 2.75) is 13.0 Å². The molecule has 0 aliphatic heterocycles. The minimum absolute atomic E-state index is 0.0199. The molecule has 1 aromatic carbocycles. The standard InChI is InChI=1S/C14H20N2O3/c1-15-9-8-13(17)16(11-14(18)19-2)10-12-6-4-3-5-7-12/h3-7,15H,8-11H2,1-2H3. The molecule has 0 bridgehead atoms. The average Bonchev–Trinajstić information content (AvgIpc) is 2.44. The van der Waals surface area contributed by atoms with Gasteiger partial charge in [0.25, 0.3) is 0 Å². The van der Waals surface area contributed by atoms with E-state index in [0.717, 1.165) is 5.56 Å². The second-order valence-electron chi connectivity index (χ2n) is 4.17. The Morgan fingerprint density at radius 1 is 1.26 bits per heavy atom. The fraction of sp³-hybridized carbons (Fsp3) is 0.429. The van der Waals surface area contributed by atoms with E-state index >= 15 is 0 Å². The molecule has 0 spiro atoms. The number of ether oxygens (including phenoxy) is 1. The molecule has 0 radical (unpaired) electrons. The summed E-state index contributed by atoms with van der Waals surface area (Å²) in [5.41, 5.74) is 0.990. The summed E-state index contributed by atoms with van der Waals surface area (Å²) in [5.74, 6) is -0.475. The lowest BCUT2D eigenvalue weighted by Crippen LogP contribution is -2.36. The molecule has 104 valence electrons. The lowest BCUT2D eigenvalue weighted by Gasteiger charge is -2.21. The van der Waals surface area contributed by atoms with E-state index in [4.69, 9.17) is 0 Å². The summed E-state index contributed by atoms with van der Waals surface area (Å²) in [6.45, 7) is 0.984. The highest BCUT2D eigenvalue weighted by Gasteiger charge is 2.17. The molecule has 0 fully saturated rings. The van der Waals surface area contributed by atoms with Crippen LogP contribution in [0.1, 0.15) is 12.0 Å². The topological polar surface area (TPSA) is 58.6 Å². The van der Waals surface area contributed by atoms with Crippen molar-refractivity contribution in [3.05, 3.63) is 35.9 Å². The molecular formula is C14H20N2O3. The number of hydrogen-bond acceptors (Lipinski definition) is 4. The van der Waals surface area contributed by atoms with Crippen molar-refractivity contribution in [1.29, 1.82) is 0 Å². The third-order valence-electron chi connectivity index (χ3n) is 2.71. The lowest BCUT2D eigenvalue weighted by molar-refractivity contribution is -0.147. The lowest BCUT2D eigenvalue weighted by atomic mass is 10.2. The van der Waals surface area contributed by atoms with Crippen LogP contribution >= 0.6 is 0 Å². The molecule has 5 nitrogen and oxygen atoms in total. The van der Waals surface area contributed by atoms with Gasteiger partial charge in [0.1, 0.15) is 6.54 Å². The third kappa shape index (κ3) is 5.52. The van der Waals surface area contributed by atoms with Crippen LogP contribution in [0.25, 0.3) is 0 Å². The first-order valence-electron chi connectivity index (χ1n) is 6.20. The number of hydrogen-bond donors (Lipinski definition) is 1. The number of benzene rings is 1. The number of carbonyl (C=O) groups is 2. The molecular weight excluding hydrogens is 244 g/mol. The first-order valence-corrected chi connectivity index (χ1v) is 6.20. The molecule has 0 heterocycles. The molecule has 1 rings (SSSR count). The molecule has 1 amide bonds. The van der Waals surface area contributed by atoms with Crippen LogP contribution in [0, 0.1) is 0 Å². The minimum atomic E-state index is -0.409. The number of esters is 1. The fourth-order valence-electron chi connectivity index (χ4n) is 1.65. The van der Waals surface area contributed by atoms with Crippen molar-refractivity contribution in [1.82, 2.24) is 10.2 Å². The Kier molecular flexibility index (Phi) is 6.60. The van der Waals surface area contributed by atoms with Crippen LogP contribution in [0.5, 0.6) is 0 Å². The Bertz CT molecular complexity index is 406. The predicted molar refractivity (Wildman–Crippen MR) is 72.4 cm³/mol. The third-order valence-corrected chi connectivity index (χ3v) is 2.71. The first-order chi connectivity index (χ1) is 9.17. The Morgan fingerprint density at radius 3 is 2.53 bits per heavy atom. The maximum Gasteiger partial charge on any atom is 0.325 e. The summed E-state index contributed by atoms with van der Waals surface area (Å²) in [5, 5.41) is 2.92. The summed E-state index contributed by atoms with van der Waals surface area (Å²) in [4.78, 5) is 24.9. The molecule has 0 saturated carbocycles. The van der Waals surface area contributed by atoms with Gasteiger partial charge < -0.3 is 15.0 Å². The zero-order valence-electron chi connectivity index (χ0n) is 11.4. The minimum Gasteiger partial charge on any atom is -0.468 e. The molecule has 5 heteroatoms. The zero-order valence-corrected chi connectivity index (χ0v) is 11.4. The number of nitrogens with one attached hydrogen (secondary N) is 1. The number of methoxy groups -OCH3 is 1. The van der Waals surface area contributed by atoms with Gasteiger partial charge >= 0.3 is 5.97 Å². The number of carbonyl (C=O) groups excluding carboxylic acids is 2. The second-order valence-corrected chi connectivity index (χ2v) is 4.17. The summed E-state index contributed by atoms with van der Waals surface area (Å²) in [6, 6.07) is 9.58. The molecule has 19 heavy (non-hydrogen) atoms. The summed E-state index contributed by atoms with van der Waals surface area (Å²) < 4.78 is 4.62. The summed E-state index contributed by atoms with van der Waals surface area (Å²) in [7, 11) is 3.11. The van der Waals surface area contributed by atoms with Gasteiger partial charge in [0.2, 0.25) is 5.91 Å². The van der Waals surface area contributed by atoms with E-state index in [1.54, 1.807) is 7.05 Å². The van der Waals surface area contributed by atoms with Crippen molar-refractivity contribution in [2.75, 3.05) is 27.2 Å². The number of amides is 1. The molecule has 0 aromatic heterocycles. The Labute approximate surface area is 113 Å². The van der Waals surface area contributed by atoms with Crippen molar-refractivity contribution in [3.8, 4) is 0 Å². The van der Waals surface area contributed by atoms with Crippen molar-refractivity contribution < 1.29 is 14.3 Å². The second kappa shape index (κ2) is 8.26. The number of rotatable bonds is 7. The van der Waals surface area contributed by atoms with Gasteiger partial charge in [0.05, 0.1) is 7.11 Å². The quantitative estimate of drug-likeness (QED) is 0.740. The van der Waals surface area contributed by atoms with Gasteiger partial charge in [-0.3, -0.25) is 9.59 Å². The fourth-order valence-corrected chi connectivity index (χ4v) is 1.65. The Balaban J connectivity index is 2.68. The summed E-state index contributed by atoms with van der Waals surface area (Å²) in [6.07, 6.45) is 0.361. The summed E-state index contributed by atoms with van der Waals surface area (Å²) >= 11 is 0. The van der Waals surface area contributed by atoms with Crippen LogP contribution in [0.3, 0.4) is 0 Å². The van der Waals surface area contributed by atoms with Crippen molar-refractivity contribution in [2.24, 2.45) is 0 Å². The van der Waals surface area contributed by atoms with Gasteiger partial charge in [-0.1, -0.05) is 30.3 Å². The number of nitrogens with zero attached hydrogens (tertiary/aromatic N) is 1. The highest BCUT2D eigenvalue weighted by atomic mass is 16.5. The smallest absolute Gasteiger partial charge is 0.325 e. The Morgan fingerprint density at radius 2 is 1.95 bits per heavy atom. The van der Waals surface area contributed by atoms with E-state index in [9.17, 15) is 9.59 Å². The van der Waals surface area contributed by atoms with E-state index in [1.165, 1.54) is 12.0 Å². The van der Waals surface area contributed by atoms with Crippen LogP contribution in [0.2, 0.25) is 0 Å². The van der Waals surface area contributed by atoms with Gasteiger partial charge in [0, 0.05) is 19.5 Å².